The third-order valence-corrected chi connectivity index (χ3v) is 6.83. The fraction of sp³-hybridized carbons (Fsp3) is 0.344. The minimum atomic E-state index is -0.212. The summed E-state index contributed by atoms with van der Waals surface area (Å²) < 4.78 is 13.0. The number of benzene rings is 3. The van der Waals surface area contributed by atoms with E-state index >= 15 is 0 Å². The van der Waals surface area contributed by atoms with Crippen molar-refractivity contribution in [1.82, 2.24) is 9.66 Å². The van der Waals surface area contributed by atoms with Gasteiger partial charge in [-0.1, -0.05) is 39.8 Å². The van der Waals surface area contributed by atoms with Crippen LogP contribution in [0.2, 0.25) is 0 Å². The smallest absolute Gasteiger partial charge is 0.282 e. The quantitative estimate of drug-likeness (QED) is 0.234. The van der Waals surface area contributed by atoms with E-state index < -0.39 is 0 Å². The van der Waals surface area contributed by atoms with Crippen LogP contribution in [0, 0.1) is 13.8 Å². The van der Waals surface area contributed by atoms with Crippen molar-refractivity contribution in [3.8, 4) is 22.9 Å². The number of aromatic nitrogens is 2. The van der Waals surface area contributed by atoms with Crippen LogP contribution in [-0.4, -0.2) is 29.6 Å². The third-order valence-electron chi connectivity index (χ3n) is 6.83. The normalized spacial score (nSPS) is 11.7. The van der Waals surface area contributed by atoms with Crippen molar-refractivity contribution >= 4 is 17.1 Å². The monoisotopic (exact) mass is 511 g/mol. The van der Waals surface area contributed by atoms with Gasteiger partial charge < -0.3 is 9.47 Å². The standard InChI is InChI=1S/C32H37N3O3/c1-9-38-30-15-22(7)27(17-26(30)20(4)5)31-34-28-13-11-10-12-24(28)32(36)35(31)33-18-23-16-25(19(2)3)29(37-8)14-21(23)6/h10-20H,9H2,1-8H3. The van der Waals surface area contributed by atoms with E-state index in [4.69, 9.17) is 19.6 Å². The lowest BCUT2D eigenvalue weighted by molar-refractivity contribution is 0.335. The molecular weight excluding hydrogens is 474 g/mol. The fourth-order valence-electron chi connectivity index (χ4n) is 4.68. The van der Waals surface area contributed by atoms with E-state index in [2.05, 4.69) is 39.8 Å². The van der Waals surface area contributed by atoms with Gasteiger partial charge in [-0.2, -0.15) is 9.78 Å². The number of fused-ring (bicyclic) bond motifs is 1. The molecule has 0 unspecified atom stereocenters. The van der Waals surface area contributed by atoms with Crippen LogP contribution in [0.1, 0.15) is 74.3 Å². The Hall–Kier alpha value is -3.93. The molecule has 4 rings (SSSR count). The van der Waals surface area contributed by atoms with Crippen LogP contribution < -0.4 is 15.0 Å². The molecule has 0 saturated carbocycles. The van der Waals surface area contributed by atoms with E-state index in [0.717, 1.165) is 44.9 Å². The maximum Gasteiger partial charge on any atom is 0.282 e. The SMILES string of the molecule is CCOc1cc(C)c(-c2nc3ccccc3c(=O)n2N=Cc2cc(C(C)C)c(OC)cc2C)cc1C(C)C. The zero-order valence-corrected chi connectivity index (χ0v) is 23.6. The highest BCUT2D eigenvalue weighted by atomic mass is 16.5. The van der Waals surface area contributed by atoms with Gasteiger partial charge in [-0.3, -0.25) is 4.79 Å². The summed E-state index contributed by atoms with van der Waals surface area (Å²) in [6.45, 7) is 15.1. The Balaban J connectivity index is 1.97. The van der Waals surface area contributed by atoms with Crippen LogP contribution in [0.5, 0.6) is 11.5 Å². The van der Waals surface area contributed by atoms with Crippen molar-refractivity contribution in [3.63, 3.8) is 0 Å². The zero-order valence-electron chi connectivity index (χ0n) is 23.6. The second-order valence-corrected chi connectivity index (χ2v) is 10.2. The van der Waals surface area contributed by atoms with Gasteiger partial charge in [0.05, 0.1) is 30.8 Å². The molecule has 0 spiro atoms. The second kappa shape index (κ2) is 11.2. The topological polar surface area (TPSA) is 65.7 Å². The molecule has 0 N–H and O–H groups in total. The summed E-state index contributed by atoms with van der Waals surface area (Å²) in [5.74, 6) is 2.72. The minimum absolute atomic E-state index is 0.212. The van der Waals surface area contributed by atoms with Crippen molar-refractivity contribution in [2.24, 2.45) is 5.10 Å². The number of hydrogen-bond donors (Lipinski definition) is 0. The van der Waals surface area contributed by atoms with Gasteiger partial charge in [0.2, 0.25) is 0 Å². The van der Waals surface area contributed by atoms with Crippen molar-refractivity contribution in [3.05, 3.63) is 86.7 Å². The molecule has 0 atom stereocenters. The summed E-state index contributed by atoms with van der Waals surface area (Å²) in [7, 11) is 1.69. The molecule has 0 aliphatic carbocycles. The maximum atomic E-state index is 13.8. The first kappa shape index (κ1) is 27.1. The molecule has 38 heavy (non-hydrogen) atoms. The van der Waals surface area contributed by atoms with Crippen LogP contribution in [0.3, 0.4) is 0 Å². The molecule has 4 aromatic rings. The number of aryl methyl sites for hydroxylation is 2. The van der Waals surface area contributed by atoms with Crippen LogP contribution in [0.15, 0.2) is 58.4 Å². The number of para-hydroxylation sites is 1. The Labute approximate surface area is 225 Å². The Morgan fingerprint density at radius 2 is 1.61 bits per heavy atom. The lowest BCUT2D eigenvalue weighted by atomic mass is 9.96. The Kier molecular flexibility index (Phi) is 8.00. The average molecular weight is 512 g/mol. The molecule has 3 aromatic carbocycles. The highest BCUT2D eigenvalue weighted by Gasteiger charge is 2.19. The largest absolute Gasteiger partial charge is 0.496 e. The third kappa shape index (κ3) is 5.21. The van der Waals surface area contributed by atoms with Gasteiger partial charge >= 0.3 is 0 Å². The van der Waals surface area contributed by atoms with Gasteiger partial charge in [-0.05, 0) is 96.8 Å². The molecule has 0 aliphatic rings. The highest BCUT2D eigenvalue weighted by molar-refractivity contribution is 5.84. The number of nitrogens with zero attached hydrogens (tertiary/aromatic N) is 3. The van der Waals surface area contributed by atoms with Crippen LogP contribution in [0.4, 0.5) is 0 Å². The van der Waals surface area contributed by atoms with Gasteiger partial charge in [0, 0.05) is 5.56 Å². The molecular formula is C32H37N3O3. The van der Waals surface area contributed by atoms with Gasteiger partial charge in [0.1, 0.15) is 11.5 Å². The first-order valence-electron chi connectivity index (χ1n) is 13.2. The summed E-state index contributed by atoms with van der Waals surface area (Å²) in [6.07, 6.45) is 1.75. The van der Waals surface area contributed by atoms with E-state index in [9.17, 15) is 4.79 Å². The molecule has 0 radical (unpaired) electrons. The highest BCUT2D eigenvalue weighted by Crippen LogP contribution is 2.34. The molecule has 0 fully saturated rings. The second-order valence-electron chi connectivity index (χ2n) is 10.2. The van der Waals surface area contributed by atoms with Crippen LogP contribution in [-0.2, 0) is 0 Å². The Morgan fingerprint density at radius 3 is 2.26 bits per heavy atom. The molecule has 0 aliphatic heterocycles. The summed E-state index contributed by atoms with van der Waals surface area (Å²) >= 11 is 0. The molecule has 6 heteroatoms. The van der Waals surface area contributed by atoms with Crippen molar-refractivity contribution in [2.45, 2.75) is 60.3 Å². The predicted molar refractivity (Wildman–Crippen MR) is 156 cm³/mol. The Morgan fingerprint density at radius 1 is 0.947 bits per heavy atom. The van der Waals surface area contributed by atoms with Crippen LogP contribution in [0.25, 0.3) is 22.3 Å². The van der Waals surface area contributed by atoms with E-state index in [-0.39, 0.29) is 17.4 Å². The minimum Gasteiger partial charge on any atom is -0.496 e. The van der Waals surface area contributed by atoms with E-state index in [1.165, 1.54) is 4.68 Å². The van der Waals surface area contributed by atoms with Gasteiger partial charge in [-0.15, -0.1) is 0 Å². The summed E-state index contributed by atoms with van der Waals surface area (Å²) in [5.41, 5.74) is 6.34. The summed E-state index contributed by atoms with van der Waals surface area (Å²) in [6, 6.07) is 15.6. The molecule has 1 heterocycles. The first-order valence-corrected chi connectivity index (χ1v) is 13.2. The number of hydrogen-bond acceptors (Lipinski definition) is 5. The van der Waals surface area contributed by atoms with E-state index in [1.54, 1.807) is 19.4 Å². The molecule has 0 saturated heterocycles. The van der Waals surface area contributed by atoms with Gasteiger partial charge in [0.15, 0.2) is 5.82 Å². The Bertz CT molecular complexity index is 1570. The lowest BCUT2D eigenvalue weighted by Crippen LogP contribution is -2.21. The predicted octanol–water partition coefficient (Wildman–Crippen LogP) is 7.22. The molecule has 0 bridgehead atoms. The number of ether oxygens (including phenoxy) is 2. The van der Waals surface area contributed by atoms with Crippen molar-refractivity contribution < 1.29 is 9.47 Å². The van der Waals surface area contributed by atoms with Gasteiger partial charge in [0.25, 0.3) is 5.56 Å². The van der Waals surface area contributed by atoms with Crippen molar-refractivity contribution in [2.75, 3.05) is 13.7 Å². The summed E-state index contributed by atoms with van der Waals surface area (Å²) in [5, 5.41) is 5.26. The van der Waals surface area contributed by atoms with Gasteiger partial charge in [-0.25, -0.2) is 4.98 Å². The van der Waals surface area contributed by atoms with Crippen LogP contribution >= 0.6 is 0 Å². The molecule has 6 nitrogen and oxygen atoms in total. The van der Waals surface area contributed by atoms with Crippen molar-refractivity contribution in [1.29, 1.82) is 0 Å². The number of rotatable bonds is 8. The molecule has 198 valence electrons. The summed E-state index contributed by atoms with van der Waals surface area (Å²) in [4.78, 5) is 18.7. The van der Waals surface area contributed by atoms with E-state index in [1.807, 2.05) is 51.1 Å². The average Bonchev–Trinajstić information content (AvgIpc) is 2.88. The zero-order chi connectivity index (χ0) is 27.6. The first-order chi connectivity index (χ1) is 18.2. The number of methoxy groups -OCH3 is 1. The maximum absolute atomic E-state index is 13.8. The molecule has 1 aromatic heterocycles. The lowest BCUT2D eigenvalue weighted by Gasteiger charge is -2.18. The molecule has 0 amide bonds. The van der Waals surface area contributed by atoms with E-state index in [0.29, 0.717) is 23.3 Å². The fourth-order valence-corrected chi connectivity index (χ4v) is 4.68.